The number of nitrogens with zero attached hydrogens (tertiary/aromatic N) is 3. The Bertz CT molecular complexity index is 412. The first-order valence-corrected chi connectivity index (χ1v) is 7.59. The number of nitrogens with two attached hydrogens (primary N) is 1. The topological polar surface area (TPSA) is 59.1 Å². The monoisotopic (exact) mass is 281 g/mol. The quantitative estimate of drug-likeness (QED) is 0.807. The molecular weight excluding hydrogens is 250 g/mol. The molecule has 20 heavy (non-hydrogen) atoms. The van der Waals surface area contributed by atoms with Crippen molar-refractivity contribution in [1.29, 1.82) is 0 Å². The number of aryl methyl sites for hydroxylation is 1. The Balaban J connectivity index is 2.70. The van der Waals surface area contributed by atoms with Crippen LogP contribution in [0.15, 0.2) is 0 Å². The van der Waals surface area contributed by atoms with Gasteiger partial charge in [0.05, 0.1) is 11.4 Å². The van der Waals surface area contributed by atoms with Crippen LogP contribution in [0.25, 0.3) is 0 Å². The molecule has 3 N–H and O–H groups in total. The van der Waals surface area contributed by atoms with E-state index in [0.29, 0.717) is 18.1 Å². The number of aromatic nitrogens is 2. The van der Waals surface area contributed by atoms with Crippen LogP contribution in [0, 0.1) is 6.92 Å². The summed E-state index contributed by atoms with van der Waals surface area (Å²) in [6.45, 7) is 17.0. The Hall–Kier alpha value is -1.23. The first-order valence-electron chi connectivity index (χ1n) is 7.59. The molecule has 0 saturated heterocycles. The number of nitrogens with one attached hydrogen (secondary N) is 1. The Labute approximate surface area is 123 Å². The molecule has 0 atom stereocenters. The van der Waals surface area contributed by atoms with Crippen LogP contribution in [0.2, 0.25) is 0 Å². The number of hydrogen-bond acceptors (Lipinski definition) is 4. The van der Waals surface area contributed by atoms with Gasteiger partial charge in [0.1, 0.15) is 5.82 Å². The van der Waals surface area contributed by atoms with Crippen molar-refractivity contribution in [1.82, 2.24) is 14.7 Å². The van der Waals surface area contributed by atoms with Crippen LogP contribution in [0.3, 0.4) is 0 Å². The number of hydrogen-bond donors (Lipinski definition) is 2. The molecule has 1 aromatic heterocycles. The molecular formula is C15H31N5. The summed E-state index contributed by atoms with van der Waals surface area (Å²) in [5, 5.41) is 7.95. The van der Waals surface area contributed by atoms with E-state index >= 15 is 0 Å². The van der Waals surface area contributed by atoms with Crippen molar-refractivity contribution in [3.8, 4) is 0 Å². The average molecular weight is 281 g/mol. The smallest absolute Gasteiger partial charge is 0.148 e. The highest BCUT2D eigenvalue weighted by Gasteiger charge is 2.16. The summed E-state index contributed by atoms with van der Waals surface area (Å²) in [6, 6.07) is 1.40. The fourth-order valence-electron chi connectivity index (χ4n) is 2.53. The summed E-state index contributed by atoms with van der Waals surface area (Å²) in [4.78, 5) is 2.46. The minimum Gasteiger partial charge on any atom is -0.394 e. The van der Waals surface area contributed by atoms with E-state index in [-0.39, 0.29) is 0 Å². The maximum Gasteiger partial charge on any atom is 0.148 e. The van der Waals surface area contributed by atoms with E-state index in [1.807, 2.05) is 11.6 Å². The third-order valence-corrected chi connectivity index (χ3v) is 3.61. The van der Waals surface area contributed by atoms with Gasteiger partial charge in [-0.15, -0.1) is 0 Å². The van der Waals surface area contributed by atoms with E-state index in [0.717, 1.165) is 30.3 Å². The predicted molar refractivity (Wildman–Crippen MR) is 87.2 cm³/mol. The molecule has 0 aliphatic carbocycles. The molecule has 0 radical (unpaired) electrons. The Kier molecular flexibility index (Phi) is 5.87. The van der Waals surface area contributed by atoms with Crippen LogP contribution in [-0.2, 0) is 0 Å². The molecule has 0 aliphatic heterocycles. The van der Waals surface area contributed by atoms with Crippen molar-refractivity contribution in [3.05, 3.63) is 5.69 Å². The largest absolute Gasteiger partial charge is 0.394 e. The average Bonchev–Trinajstić information content (AvgIpc) is 2.61. The lowest BCUT2D eigenvalue weighted by Gasteiger charge is -2.30. The molecule has 1 rings (SSSR count). The van der Waals surface area contributed by atoms with Crippen molar-refractivity contribution in [3.63, 3.8) is 0 Å². The van der Waals surface area contributed by atoms with Gasteiger partial charge >= 0.3 is 0 Å². The van der Waals surface area contributed by atoms with E-state index in [9.17, 15) is 0 Å². The van der Waals surface area contributed by atoms with Gasteiger partial charge in [-0.3, -0.25) is 4.90 Å². The minimum absolute atomic E-state index is 0.305. The number of anilines is 2. The highest BCUT2D eigenvalue weighted by molar-refractivity contribution is 5.64. The SMILES string of the molecule is Cc1nn(C(C)C)c(NCCN(C(C)C)C(C)C)c1N. The van der Waals surface area contributed by atoms with Gasteiger partial charge < -0.3 is 11.1 Å². The summed E-state index contributed by atoms with van der Waals surface area (Å²) in [6.07, 6.45) is 0. The van der Waals surface area contributed by atoms with Gasteiger partial charge in [0, 0.05) is 31.2 Å². The summed E-state index contributed by atoms with van der Waals surface area (Å²) in [5.41, 5.74) is 7.78. The maximum atomic E-state index is 6.12. The molecule has 5 nitrogen and oxygen atoms in total. The van der Waals surface area contributed by atoms with E-state index in [1.54, 1.807) is 0 Å². The van der Waals surface area contributed by atoms with Crippen LogP contribution in [-0.4, -0.2) is 39.9 Å². The zero-order chi connectivity index (χ0) is 15.4. The highest BCUT2D eigenvalue weighted by atomic mass is 15.4. The van der Waals surface area contributed by atoms with Crippen molar-refractivity contribution in [2.75, 3.05) is 24.1 Å². The molecule has 0 unspecified atom stereocenters. The fourth-order valence-corrected chi connectivity index (χ4v) is 2.53. The van der Waals surface area contributed by atoms with Gasteiger partial charge in [0.2, 0.25) is 0 Å². The third-order valence-electron chi connectivity index (χ3n) is 3.61. The predicted octanol–water partition coefficient (Wildman–Crippen LogP) is 2.89. The van der Waals surface area contributed by atoms with E-state index in [4.69, 9.17) is 5.73 Å². The third kappa shape index (κ3) is 3.88. The molecule has 0 aliphatic rings. The molecule has 5 heteroatoms. The molecule has 0 spiro atoms. The van der Waals surface area contributed by atoms with E-state index in [2.05, 4.69) is 56.9 Å². The standard InChI is InChI=1S/C15H31N5/c1-10(2)19(11(3)4)9-8-17-15-14(16)13(7)18-20(15)12(5)6/h10-12,17H,8-9,16H2,1-7H3. The minimum atomic E-state index is 0.305. The molecule has 0 saturated carbocycles. The van der Waals surface area contributed by atoms with Crippen molar-refractivity contribution < 1.29 is 0 Å². The Morgan fingerprint density at radius 2 is 1.70 bits per heavy atom. The lowest BCUT2D eigenvalue weighted by atomic mass is 10.2. The Morgan fingerprint density at radius 3 is 2.15 bits per heavy atom. The highest BCUT2D eigenvalue weighted by Crippen LogP contribution is 2.25. The summed E-state index contributed by atoms with van der Waals surface area (Å²) in [7, 11) is 0. The van der Waals surface area contributed by atoms with Crippen molar-refractivity contribution >= 4 is 11.5 Å². The molecule has 0 bridgehead atoms. The van der Waals surface area contributed by atoms with E-state index < -0.39 is 0 Å². The zero-order valence-corrected chi connectivity index (χ0v) is 14.1. The lowest BCUT2D eigenvalue weighted by Crippen LogP contribution is -2.40. The molecule has 116 valence electrons. The van der Waals surface area contributed by atoms with Gasteiger partial charge in [-0.2, -0.15) is 5.10 Å². The number of rotatable bonds is 7. The van der Waals surface area contributed by atoms with Gasteiger partial charge in [0.25, 0.3) is 0 Å². The maximum absolute atomic E-state index is 6.12. The van der Waals surface area contributed by atoms with Gasteiger partial charge in [0.15, 0.2) is 0 Å². The van der Waals surface area contributed by atoms with Gasteiger partial charge in [-0.05, 0) is 48.5 Å². The molecule has 1 aromatic rings. The van der Waals surface area contributed by atoms with Gasteiger partial charge in [-0.25, -0.2) is 4.68 Å². The second-order valence-corrected chi connectivity index (χ2v) is 6.24. The van der Waals surface area contributed by atoms with Crippen LogP contribution in [0.4, 0.5) is 11.5 Å². The first-order chi connectivity index (χ1) is 9.25. The molecule has 1 heterocycles. The Morgan fingerprint density at radius 1 is 1.15 bits per heavy atom. The van der Waals surface area contributed by atoms with Crippen molar-refractivity contribution in [2.45, 2.75) is 66.6 Å². The normalized spacial score (nSPS) is 12.2. The molecule has 0 amide bonds. The molecule has 0 fully saturated rings. The summed E-state index contributed by atoms with van der Waals surface area (Å²) >= 11 is 0. The van der Waals surface area contributed by atoms with Crippen LogP contribution < -0.4 is 11.1 Å². The first kappa shape index (κ1) is 16.8. The lowest BCUT2D eigenvalue weighted by molar-refractivity contribution is 0.182. The van der Waals surface area contributed by atoms with Crippen LogP contribution in [0.5, 0.6) is 0 Å². The summed E-state index contributed by atoms with van der Waals surface area (Å²) < 4.78 is 1.97. The molecule has 0 aromatic carbocycles. The zero-order valence-electron chi connectivity index (χ0n) is 14.1. The second kappa shape index (κ2) is 6.97. The van der Waals surface area contributed by atoms with Crippen molar-refractivity contribution in [2.24, 2.45) is 0 Å². The summed E-state index contributed by atoms with van der Waals surface area (Å²) in [5.74, 6) is 0.949. The second-order valence-electron chi connectivity index (χ2n) is 6.24. The fraction of sp³-hybridized carbons (Fsp3) is 0.800. The number of nitrogen functional groups attached to an aromatic ring is 1. The van der Waals surface area contributed by atoms with Gasteiger partial charge in [-0.1, -0.05) is 0 Å². The van der Waals surface area contributed by atoms with E-state index in [1.165, 1.54) is 0 Å². The van der Waals surface area contributed by atoms with Crippen LogP contribution in [0.1, 0.15) is 53.3 Å². The van der Waals surface area contributed by atoms with Crippen LogP contribution >= 0.6 is 0 Å².